The Labute approximate surface area is 162 Å². The molecule has 0 bridgehead atoms. The van der Waals surface area contributed by atoms with Crippen LogP contribution in [0.15, 0.2) is 53.4 Å². The van der Waals surface area contributed by atoms with Crippen molar-refractivity contribution in [3.63, 3.8) is 0 Å². The molecule has 9 heteroatoms. The molecule has 0 saturated carbocycles. The number of hydrogen-bond donors (Lipinski definition) is 0. The van der Waals surface area contributed by atoms with Crippen molar-refractivity contribution in [2.24, 2.45) is 0 Å². The molecule has 0 aromatic heterocycles. The number of benzene rings is 2. The van der Waals surface area contributed by atoms with Gasteiger partial charge in [0.1, 0.15) is 5.82 Å². The quantitative estimate of drug-likeness (QED) is 0.759. The van der Waals surface area contributed by atoms with Crippen molar-refractivity contribution in [1.29, 1.82) is 0 Å². The molecule has 1 heterocycles. The van der Waals surface area contributed by atoms with Gasteiger partial charge in [0.15, 0.2) is 18.2 Å². The fraction of sp³-hybridized carbons (Fsp3) is 0.316. The predicted molar refractivity (Wildman–Crippen MR) is 98.3 cm³/mol. The van der Waals surface area contributed by atoms with Gasteiger partial charge in [-0.1, -0.05) is 12.1 Å². The van der Waals surface area contributed by atoms with E-state index in [2.05, 4.69) is 0 Å². The highest BCUT2D eigenvalue weighted by Crippen LogP contribution is 2.19. The van der Waals surface area contributed by atoms with E-state index in [-0.39, 0.29) is 42.8 Å². The highest BCUT2D eigenvalue weighted by molar-refractivity contribution is 7.89. The number of para-hydroxylation sites is 1. The highest BCUT2D eigenvalue weighted by atomic mass is 32.2. The molecule has 1 aliphatic rings. The lowest BCUT2D eigenvalue weighted by Crippen LogP contribution is -2.39. The number of hydrogen-bond acceptors (Lipinski definition) is 4. The van der Waals surface area contributed by atoms with Gasteiger partial charge in [-0.25, -0.2) is 17.2 Å². The third-order valence-electron chi connectivity index (χ3n) is 4.45. The van der Waals surface area contributed by atoms with Gasteiger partial charge >= 0.3 is 0 Å². The Morgan fingerprint density at radius 1 is 0.964 bits per heavy atom. The highest BCUT2D eigenvalue weighted by Gasteiger charge is 2.28. The van der Waals surface area contributed by atoms with Gasteiger partial charge in [0.25, 0.3) is 5.91 Å². The summed E-state index contributed by atoms with van der Waals surface area (Å²) in [6.45, 7) is 0.600. The number of ether oxygens (including phenoxy) is 1. The van der Waals surface area contributed by atoms with Crippen LogP contribution in [0.5, 0.6) is 5.75 Å². The van der Waals surface area contributed by atoms with Crippen LogP contribution in [-0.4, -0.2) is 56.3 Å². The van der Waals surface area contributed by atoms with E-state index in [4.69, 9.17) is 4.74 Å². The summed E-state index contributed by atoms with van der Waals surface area (Å²) >= 11 is 0. The van der Waals surface area contributed by atoms with Gasteiger partial charge in [-0.05, 0) is 42.8 Å². The molecule has 2 aromatic rings. The topological polar surface area (TPSA) is 66.9 Å². The monoisotopic (exact) mass is 410 g/mol. The second-order valence-electron chi connectivity index (χ2n) is 6.31. The molecule has 6 nitrogen and oxygen atoms in total. The summed E-state index contributed by atoms with van der Waals surface area (Å²) in [4.78, 5) is 13.9. The molecule has 0 N–H and O–H groups in total. The molecule has 1 aliphatic heterocycles. The third kappa shape index (κ3) is 4.66. The van der Waals surface area contributed by atoms with Crippen molar-refractivity contribution in [1.82, 2.24) is 9.21 Å². The summed E-state index contributed by atoms with van der Waals surface area (Å²) in [5.41, 5.74) is 0. The van der Waals surface area contributed by atoms with Crippen LogP contribution in [0, 0.1) is 11.6 Å². The van der Waals surface area contributed by atoms with Crippen molar-refractivity contribution in [2.45, 2.75) is 11.3 Å². The summed E-state index contributed by atoms with van der Waals surface area (Å²) in [7, 11) is -3.76. The molecular formula is C19H20F2N2O4S. The molecule has 0 radical (unpaired) electrons. The van der Waals surface area contributed by atoms with Crippen molar-refractivity contribution in [2.75, 3.05) is 32.8 Å². The van der Waals surface area contributed by atoms with Crippen molar-refractivity contribution >= 4 is 15.9 Å². The second-order valence-corrected chi connectivity index (χ2v) is 8.25. The number of carbonyl (C=O) groups is 1. The summed E-state index contributed by atoms with van der Waals surface area (Å²) in [5, 5.41) is 0. The van der Waals surface area contributed by atoms with E-state index in [0.717, 1.165) is 12.1 Å². The second kappa shape index (κ2) is 8.66. The first kappa shape index (κ1) is 20.2. The van der Waals surface area contributed by atoms with E-state index in [0.29, 0.717) is 13.0 Å². The van der Waals surface area contributed by atoms with Crippen molar-refractivity contribution < 1.29 is 26.7 Å². The van der Waals surface area contributed by atoms with Gasteiger partial charge in [-0.2, -0.15) is 4.31 Å². The molecule has 0 unspecified atom stereocenters. The first-order chi connectivity index (χ1) is 13.4. The average Bonchev–Trinajstić information content (AvgIpc) is 2.94. The first-order valence-electron chi connectivity index (χ1n) is 8.79. The standard InChI is InChI=1S/C19H20F2N2O4S/c20-15-6-8-16(9-7-15)28(25,26)23-11-3-10-22(12-13-23)19(24)14-27-18-5-2-1-4-17(18)21/h1-2,4-9H,3,10-14H2. The Morgan fingerprint density at radius 2 is 1.68 bits per heavy atom. The van der Waals surface area contributed by atoms with Gasteiger partial charge < -0.3 is 9.64 Å². The number of rotatable bonds is 5. The fourth-order valence-electron chi connectivity index (χ4n) is 2.93. The minimum Gasteiger partial charge on any atom is -0.481 e. The van der Waals surface area contributed by atoms with E-state index in [1.807, 2.05) is 0 Å². The number of carbonyl (C=O) groups excluding carboxylic acids is 1. The SMILES string of the molecule is O=C(COc1ccccc1F)N1CCCN(S(=O)(=O)c2ccc(F)cc2)CC1. The Balaban J connectivity index is 1.60. The summed E-state index contributed by atoms with van der Waals surface area (Å²) < 4.78 is 58.6. The predicted octanol–water partition coefficient (Wildman–Crippen LogP) is 2.27. The molecule has 1 fully saturated rings. The van der Waals surface area contributed by atoms with E-state index < -0.39 is 21.7 Å². The van der Waals surface area contributed by atoms with E-state index >= 15 is 0 Å². The molecule has 0 spiro atoms. The van der Waals surface area contributed by atoms with Gasteiger partial charge in [0, 0.05) is 26.2 Å². The number of halogens is 2. The summed E-state index contributed by atoms with van der Waals surface area (Å²) in [5.74, 6) is -1.42. The Kier molecular flexibility index (Phi) is 6.25. The molecule has 0 aliphatic carbocycles. The maximum atomic E-state index is 13.6. The number of sulfonamides is 1. The summed E-state index contributed by atoms with van der Waals surface area (Å²) in [6, 6.07) is 10.4. The number of amides is 1. The first-order valence-corrected chi connectivity index (χ1v) is 10.2. The van der Waals surface area contributed by atoms with E-state index in [1.54, 1.807) is 6.07 Å². The molecule has 150 valence electrons. The van der Waals surface area contributed by atoms with E-state index in [1.165, 1.54) is 39.5 Å². The molecule has 2 aromatic carbocycles. The molecule has 0 atom stereocenters. The van der Waals surface area contributed by atoms with Gasteiger partial charge in [0.2, 0.25) is 10.0 Å². The minimum absolute atomic E-state index is 0.00816. The zero-order chi connectivity index (χ0) is 20.1. The summed E-state index contributed by atoms with van der Waals surface area (Å²) in [6.07, 6.45) is 0.450. The van der Waals surface area contributed by atoms with Crippen LogP contribution in [-0.2, 0) is 14.8 Å². The van der Waals surface area contributed by atoms with Crippen molar-refractivity contribution in [3.8, 4) is 5.75 Å². The third-order valence-corrected chi connectivity index (χ3v) is 6.36. The molecule has 28 heavy (non-hydrogen) atoms. The van der Waals surface area contributed by atoms with E-state index in [9.17, 15) is 22.0 Å². The lowest BCUT2D eigenvalue weighted by atomic mass is 10.3. The van der Waals surface area contributed by atoms with Crippen LogP contribution >= 0.6 is 0 Å². The average molecular weight is 410 g/mol. The van der Waals surface area contributed by atoms with Crippen molar-refractivity contribution in [3.05, 3.63) is 60.2 Å². The van der Waals surface area contributed by atoms with Crippen LogP contribution in [0.2, 0.25) is 0 Å². The Bertz CT molecular complexity index is 935. The van der Waals surface area contributed by atoms with Gasteiger partial charge in [-0.15, -0.1) is 0 Å². The molecular weight excluding hydrogens is 390 g/mol. The molecule has 1 saturated heterocycles. The smallest absolute Gasteiger partial charge is 0.260 e. The van der Waals surface area contributed by atoms with Crippen LogP contribution in [0.1, 0.15) is 6.42 Å². The normalized spacial score (nSPS) is 15.9. The van der Waals surface area contributed by atoms with Crippen LogP contribution in [0.4, 0.5) is 8.78 Å². The minimum atomic E-state index is -3.76. The Hall–Kier alpha value is -2.52. The number of nitrogens with zero attached hydrogens (tertiary/aromatic N) is 2. The van der Waals surface area contributed by atoms with Gasteiger partial charge in [-0.3, -0.25) is 4.79 Å². The maximum Gasteiger partial charge on any atom is 0.260 e. The molecule has 3 rings (SSSR count). The largest absolute Gasteiger partial charge is 0.481 e. The maximum absolute atomic E-state index is 13.6. The van der Waals surface area contributed by atoms with Crippen LogP contribution in [0.25, 0.3) is 0 Å². The fourth-order valence-corrected chi connectivity index (χ4v) is 4.40. The van der Waals surface area contributed by atoms with Gasteiger partial charge in [0.05, 0.1) is 4.90 Å². The molecule has 1 amide bonds. The lowest BCUT2D eigenvalue weighted by molar-refractivity contribution is -0.133. The zero-order valence-electron chi connectivity index (χ0n) is 15.1. The van der Waals surface area contributed by atoms with Crippen LogP contribution < -0.4 is 4.74 Å². The lowest BCUT2D eigenvalue weighted by Gasteiger charge is -2.22. The Morgan fingerprint density at radius 3 is 2.39 bits per heavy atom. The zero-order valence-corrected chi connectivity index (χ0v) is 15.9. The van der Waals surface area contributed by atoms with Crippen LogP contribution in [0.3, 0.4) is 0 Å².